The molecule has 0 radical (unpaired) electrons. The fourth-order valence-corrected chi connectivity index (χ4v) is 10.9. The summed E-state index contributed by atoms with van der Waals surface area (Å²) in [6.45, 7) is 0. The van der Waals surface area contributed by atoms with Gasteiger partial charge in [0.2, 0.25) is 0 Å². The maximum atomic E-state index is 5.03. The topological polar surface area (TPSA) is 43.6 Å². The van der Waals surface area contributed by atoms with Gasteiger partial charge in [0.1, 0.15) is 0 Å². The normalized spacial score (nSPS) is 11.7. The number of aromatic nitrogens is 4. The van der Waals surface area contributed by atoms with Crippen LogP contribution in [-0.2, 0) is 0 Å². The first-order valence-electron chi connectivity index (χ1n) is 24.1. The van der Waals surface area contributed by atoms with E-state index in [4.69, 9.17) is 9.97 Å². The molecule has 0 amide bonds. The standard InChI is InChI=1S/C67H42N4/c1-3-11-43(12-4-1)45-19-21-49-37-52(25-23-47(49)35-45)66-57-16-7-8-17-58(57)67(53-26-24-48-36-46(20-22-50(48)38-53)44-13-5-2-6-14-44)60-39-51(27-30-59(60)66)54-28-31-62(69-40-54)63-32-29-55(41-70-63)71-64-18-10-9-15-56(64)61-42-68-34-33-65(61)71/h1-42H. The summed E-state index contributed by atoms with van der Waals surface area (Å²) in [6.07, 6.45) is 7.71. The molecule has 4 heteroatoms. The highest BCUT2D eigenvalue weighted by Crippen LogP contribution is 2.46. The molecule has 0 atom stereocenters. The molecule has 0 aliphatic rings. The van der Waals surface area contributed by atoms with E-state index in [1.807, 2.05) is 24.8 Å². The zero-order valence-electron chi connectivity index (χ0n) is 38.5. The third-order valence-corrected chi connectivity index (χ3v) is 14.3. The number of nitrogens with zero attached hydrogens (tertiary/aromatic N) is 4. The number of hydrogen-bond acceptors (Lipinski definition) is 3. The molecule has 0 N–H and O–H groups in total. The van der Waals surface area contributed by atoms with Gasteiger partial charge in [0.15, 0.2) is 0 Å². The lowest BCUT2D eigenvalue weighted by Gasteiger charge is -2.19. The Labute approximate surface area is 410 Å². The van der Waals surface area contributed by atoms with Crippen molar-refractivity contribution in [1.82, 2.24) is 19.5 Å². The van der Waals surface area contributed by atoms with Crippen molar-refractivity contribution in [2.24, 2.45) is 0 Å². The van der Waals surface area contributed by atoms with Crippen LogP contribution >= 0.6 is 0 Å². The number of rotatable bonds is 7. The smallest absolute Gasteiger partial charge is 0.0887 e. The largest absolute Gasteiger partial charge is 0.308 e. The zero-order chi connectivity index (χ0) is 46.8. The van der Waals surface area contributed by atoms with Crippen molar-refractivity contribution < 1.29 is 0 Å². The van der Waals surface area contributed by atoms with E-state index in [1.54, 1.807) is 0 Å². The molecule has 330 valence electrons. The third-order valence-electron chi connectivity index (χ3n) is 14.3. The second-order valence-corrected chi connectivity index (χ2v) is 18.4. The van der Waals surface area contributed by atoms with Crippen LogP contribution in [0, 0.1) is 0 Å². The Morgan fingerprint density at radius 1 is 0.268 bits per heavy atom. The van der Waals surface area contributed by atoms with Gasteiger partial charge in [-0.05, 0) is 154 Å². The Morgan fingerprint density at radius 2 is 0.732 bits per heavy atom. The molecular weight excluding hydrogens is 861 g/mol. The number of pyridine rings is 3. The molecule has 0 aliphatic carbocycles. The molecule has 0 bridgehead atoms. The van der Waals surface area contributed by atoms with Gasteiger partial charge in [0.25, 0.3) is 0 Å². The number of fused-ring (bicyclic) bond motifs is 7. The second kappa shape index (κ2) is 16.6. The first kappa shape index (κ1) is 40.5. The van der Waals surface area contributed by atoms with E-state index in [0.717, 1.165) is 44.6 Å². The van der Waals surface area contributed by atoms with Crippen LogP contribution in [0.2, 0.25) is 0 Å². The minimum atomic E-state index is 0.818. The molecule has 0 fully saturated rings. The van der Waals surface area contributed by atoms with Crippen LogP contribution in [0.1, 0.15) is 0 Å². The van der Waals surface area contributed by atoms with Crippen LogP contribution in [0.5, 0.6) is 0 Å². The summed E-state index contributed by atoms with van der Waals surface area (Å²) >= 11 is 0. The first-order chi connectivity index (χ1) is 35.2. The lowest BCUT2D eigenvalue weighted by Crippen LogP contribution is -1.96. The number of benzene rings is 10. The Morgan fingerprint density at radius 3 is 1.32 bits per heavy atom. The average Bonchev–Trinajstić information content (AvgIpc) is 3.78. The van der Waals surface area contributed by atoms with Crippen LogP contribution in [0.3, 0.4) is 0 Å². The van der Waals surface area contributed by atoms with E-state index in [0.29, 0.717) is 0 Å². The monoisotopic (exact) mass is 902 g/mol. The second-order valence-electron chi connectivity index (χ2n) is 18.4. The predicted octanol–water partition coefficient (Wildman–Crippen LogP) is 17.6. The van der Waals surface area contributed by atoms with Crippen molar-refractivity contribution in [1.29, 1.82) is 0 Å². The maximum absolute atomic E-state index is 5.03. The van der Waals surface area contributed by atoms with E-state index in [2.05, 4.69) is 240 Å². The fraction of sp³-hybridized carbons (Fsp3) is 0. The number of para-hydroxylation sites is 1. The molecule has 14 aromatic rings. The van der Waals surface area contributed by atoms with E-state index < -0.39 is 0 Å². The molecule has 0 aliphatic heterocycles. The highest BCUT2D eigenvalue weighted by atomic mass is 15.0. The molecule has 4 nitrogen and oxygen atoms in total. The Kier molecular flexibility index (Phi) is 9.49. The Balaban J connectivity index is 0.892. The van der Waals surface area contributed by atoms with Gasteiger partial charge in [0, 0.05) is 34.9 Å². The summed E-state index contributed by atoms with van der Waals surface area (Å²) in [4.78, 5) is 14.4. The van der Waals surface area contributed by atoms with Crippen molar-refractivity contribution in [3.63, 3.8) is 0 Å². The summed E-state index contributed by atoms with van der Waals surface area (Å²) in [5.41, 5.74) is 16.7. The van der Waals surface area contributed by atoms with E-state index in [1.165, 1.54) is 93.0 Å². The minimum Gasteiger partial charge on any atom is -0.308 e. The molecular formula is C67H42N4. The van der Waals surface area contributed by atoms with Crippen LogP contribution in [0.25, 0.3) is 138 Å². The van der Waals surface area contributed by atoms with Crippen LogP contribution < -0.4 is 0 Å². The van der Waals surface area contributed by atoms with Gasteiger partial charge >= 0.3 is 0 Å². The maximum Gasteiger partial charge on any atom is 0.0887 e. The van der Waals surface area contributed by atoms with Crippen molar-refractivity contribution in [2.75, 3.05) is 0 Å². The third kappa shape index (κ3) is 6.96. The summed E-state index contributed by atoms with van der Waals surface area (Å²) in [5, 5.41) is 12.0. The van der Waals surface area contributed by atoms with Crippen molar-refractivity contribution in [3.8, 4) is 72.7 Å². The highest BCUT2D eigenvalue weighted by Gasteiger charge is 2.19. The molecule has 0 unspecified atom stereocenters. The van der Waals surface area contributed by atoms with Crippen molar-refractivity contribution in [2.45, 2.75) is 0 Å². The van der Waals surface area contributed by atoms with Gasteiger partial charge in [0.05, 0.1) is 34.3 Å². The molecule has 0 saturated heterocycles. The summed E-state index contributed by atoms with van der Waals surface area (Å²) in [5.74, 6) is 0. The molecule has 0 saturated carbocycles. The van der Waals surface area contributed by atoms with E-state index >= 15 is 0 Å². The van der Waals surface area contributed by atoms with E-state index in [-0.39, 0.29) is 0 Å². The van der Waals surface area contributed by atoms with Gasteiger partial charge < -0.3 is 4.57 Å². The summed E-state index contributed by atoms with van der Waals surface area (Å²) < 4.78 is 2.25. The Bertz CT molecular complexity index is 4310. The fourth-order valence-electron chi connectivity index (χ4n) is 10.9. The minimum absolute atomic E-state index is 0.818. The average molecular weight is 903 g/mol. The summed E-state index contributed by atoms with van der Waals surface area (Å²) in [6, 6.07) is 83.6. The molecule has 4 aromatic heterocycles. The van der Waals surface area contributed by atoms with Gasteiger partial charge in [-0.3, -0.25) is 15.0 Å². The lowest BCUT2D eigenvalue weighted by atomic mass is 9.84. The Hall–Kier alpha value is -9.51. The van der Waals surface area contributed by atoms with Crippen LogP contribution in [0.4, 0.5) is 0 Å². The predicted molar refractivity (Wildman–Crippen MR) is 297 cm³/mol. The molecule has 0 spiro atoms. The van der Waals surface area contributed by atoms with Crippen LogP contribution in [-0.4, -0.2) is 19.5 Å². The van der Waals surface area contributed by atoms with Gasteiger partial charge in [-0.2, -0.15) is 0 Å². The van der Waals surface area contributed by atoms with Gasteiger partial charge in [-0.15, -0.1) is 0 Å². The first-order valence-corrected chi connectivity index (χ1v) is 24.1. The van der Waals surface area contributed by atoms with Gasteiger partial charge in [-0.25, -0.2) is 0 Å². The van der Waals surface area contributed by atoms with Crippen molar-refractivity contribution >= 4 is 64.9 Å². The highest BCUT2D eigenvalue weighted by molar-refractivity contribution is 6.22. The zero-order valence-corrected chi connectivity index (χ0v) is 38.5. The van der Waals surface area contributed by atoms with Crippen molar-refractivity contribution in [3.05, 3.63) is 255 Å². The van der Waals surface area contributed by atoms with Crippen LogP contribution in [0.15, 0.2) is 255 Å². The summed E-state index contributed by atoms with van der Waals surface area (Å²) in [7, 11) is 0. The lowest BCUT2D eigenvalue weighted by molar-refractivity contribution is 1.13. The van der Waals surface area contributed by atoms with Gasteiger partial charge in [-0.1, -0.05) is 170 Å². The van der Waals surface area contributed by atoms with E-state index in [9.17, 15) is 0 Å². The molecule has 10 aromatic carbocycles. The molecule has 14 rings (SSSR count). The quantitative estimate of drug-likeness (QED) is 0.150. The SMILES string of the molecule is c1ccc(-c2ccc3cc(-c4c5ccccc5c(-c5ccc6cc(-c7ccccc7)ccc6c5)c5cc(-c6ccc(-c7ccc(-n8c9ccccc9c9cnccc98)cn7)nc6)ccc45)ccc3c2)cc1. The number of hydrogen-bond donors (Lipinski definition) is 0. The molecule has 71 heavy (non-hydrogen) atoms. The molecule has 4 heterocycles.